The summed E-state index contributed by atoms with van der Waals surface area (Å²) in [6.45, 7) is 6.14. The summed E-state index contributed by atoms with van der Waals surface area (Å²) in [5.74, 6) is -0.0964. The van der Waals surface area contributed by atoms with Crippen molar-refractivity contribution in [2.75, 3.05) is 19.6 Å². The molecule has 2 amide bonds. The molecule has 0 spiro atoms. The molecule has 0 unspecified atom stereocenters. The van der Waals surface area contributed by atoms with Gasteiger partial charge in [0.05, 0.1) is 5.41 Å². The first-order valence-corrected chi connectivity index (χ1v) is 11.3. The van der Waals surface area contributed by atoms with Crippen molar-refractivity contribution in [3.8, 4) is 11.1 Å². The fourth-order valence-corrected chi connectivity index (χ4v) is 4.50. The molecule has 2 heterocycles. The van der Waals surface area contributed by atoms with Gasteiger partial charge in [-0.25, -0.2) is 0 Å². The van der Waals surface area contributed by atoms with Crippen LogP contribution in [0.4, 0.5) is 0 Å². The molecule has 0 saturated carbocycles. The summed E-state index contributed by atoms with van der Waals surface area (Å²) in [4.78, 5) is 28.0. The summed E-state index contributed by atoms with van der Waals surface area (Å²) in [7, 11) is 0. The maximum Gasteiger partial charge on any atom is 0.274 e. The smallest absolute Gasteiger partial charge is 0.274 e. The first-order chi connectivity index (χ1) is 15.5. The standard InChI is InChI=1S/C26H30N4O2/c1-3-27-25(32)26(14-16-29(19-26)24(31)23-13-15-30(4-2)28-23)18-20-9-8-12-22(17-20)21-10-6-5-7-11-21/h5-13,15,17H,3-4,14,16,18-19H2,1-2H3,(H,27,32)/t26-/m1/s1. The van der Waals surface area contributed by atoms with Crippen LogP contribution in [0, 0.1) is 5.41 Å². The highest BCUT2D eigenvalue weighted by molar-refractivity contribution is 5.93. The van der Waals surface area contributed by atoms with E-state index in [0.717, 1.165) is 16.7 Å². The van der Waals surface area contributed by atoms with E-state index in [0.29, 0.717) is 44.7 Å². The fourth-order valence-electron chi connectivity index (χ4n) is 4.50. The van der Waals surface area contributed by atoms with Crippen LogP contribution in [0.5, 0.6) is 0 Å². The highest BCUT2D eigenvalue weighted by Crippen LogP contribution is 2.36. The lowest BCUT2D eigenvalue weighted by molar-refractivity contribution is -0.130. The minimum Gasteiger partial charge on any atom is -0.356 e. The zero-order chi connectivity index (χ0) is 22.6. The number of likely N-dealkylation sites (tertiary alicyclic amines) is 1. The zero-order valence-corrected chi connectivity index (χ0v) is 18.8. The Hall–Kier alpha value is -3.41. The molecule has 0 radical (unpaired) electrons. The molecule has 1 atom stereocenters. The summed E-state index contributed by atoms with van der Waals surface area (Å²) in [5, 5.41) is 7.37. The van der Waals surface area contributed by atoms with Gasteiger partial charge in [-0.2, -0.15) is 5.10 Å². The lowest BCUT2D eigenvalue weighted by atomic mass is 9.79. The van der Waals surface area contributed by atoms with Crippen molar-refractivity contribution in [3.63, 3.8) is 0 Å². The molecule has 1 N–H and O–H groups in total. The lowest BCUT2D eigenvalue weighted by Crippen LogP contribution is -2.45. The normalized spacial score (nSPS) is 18.0. The Morgan fingerprint density at radius 3 is 2.53 bits per heavy atom. The second-order valence-corrected chi connectivity index (χ2v) is 8.42. The van der Waals surface area contributed by atoms with Gasteiger partial charge in [0.25, 0.3) is 5.91 Å². The van der Waals surface area contributed by atoms with Crippen molar-refractivity contribution in [2.24, 2.45) is 5.41 Å². The van der Waals surface area contributed by atoms with Crippen LogP contribution in [0.25, 0.3) is 11.1 Å². The number of carbonyl (C=O) groups excluding carboxylic acids is 2. The molecular weight excluding hydrogens is 400 g/mol. The summed E-state index contributed by atoms with van der Waals surface area (Å²) in [5.41, 5.74) is 3.17. The minimum absolute atomic E-state index is 0.0134. The van der Waals surface area contributed by atoms with E-state index in [2.05, 4.69) is 40.7 Å². The summed E-state index contributed by atoms with van der Waals surface area (Å²) in [6.07, 6.45) is 3.04. The number of aryl methyl sites for hydroxylation is 1. The van der Waals surface area contributed by atoms with Gasteiger partial charge in [0.1, 0.15) is 5.69 Å². The van der Waals surface area contributed by atoms with Gasteiger partial charge in [-0.05, 0) is 49.4 Å². The third-order valence-electron chi connectivity index (χ3n) is 6.22. The van der Waals surface area contributed by atoms with Crippen LogP contribution in [0.3, 0.4) is 0 Å². The van der Waals surface area contributed by atoms with Crippen LogP contribution in [0.15, 0.2) is 66.9 Å². The highest BCUT2D eigenvalue weighted by Gasteiger charge is 2.46. The van der Waals surface area contributed by atoms with E-state index < -0.39 is 5.41 Å². The molecule has 1 aromatic heterocycles. The Kier molecular flexibility index (Phi) is 6.40. The molecule has 0 bridgehead atoms. The molecule has 32 heavy (non-hydrogen) atoms. The van der Waals surface area contributed by atoms with E-state index in [9.17, 15) is 9.59 Å². The maximum atomic E-state index is 13.2. The van der Waals surface area contributed by atoms with Crippen molar-refractivity contribution < 1.29 is 9.59 Å². The predicted octanol–water partition coefficient (Wildman–Crippen LogP) is 3.78. The zero-order valence-electron chi connectivity index (χ0n) is 18.8. The van der Waals surface area contributed by atoms with Crippen molar-refractivity contribution in [1.29, 1.82) is 0 Å². The number of hydrogen-bond donors (Lipinski definition) is 1. The molecule has 1 aliphatic heterocycles. The van der Waals surface area contributed by atoms with Crippen molar-refractivity contribution >= 4 is 11.8 Å². The molecule has 3 aromatic rings. The number of rotatable bonds is 7. The van der Waals surface area contributed by atoms with E-state index in [4.69, 9.17) is 0 Å². The summed E-state index contributed by atoms with van der Waals surface area (Å²) in [6, 6.07) is 20.3. The van der Waals surface area contributed by atoms with Gasteiger partial charge >= 0.3 is 0 Å². The molecule has 1 aliphatic rings. The number of aromatic nitrogens is 2. The fraction of sp³-hybridized carbons (Fsp3) is 0.346. The van der Waals surface area contributed by atoms with Crippen molar-refractivity contribution in [1.82, 2.24) is 20.0 Å². The van der Waals surface area contributed by atoms with E-state index in [1.807, 2.05) is 44.3 Å². The number of nitrogens with one attached hydrogen (secondary N) is 1. The van der Waals surface area contributed by atoms with Gasteiger partial charge in [-0.1, -0.05) is 54.6 Å². The Morgan fingerprint density at radius 2 is 1.81 bits per heavy atom. The Bertz CT molecular complexity index is 1090. The van der Waals surface area contributed by atoms with Crippen molar-refractivity contribution in [3.05, 3.63) is 78.1 Å². The Morgan fingerprint density at radius 1 is 1.03 bits per heavy atom. The lowest BCUT2D eigenvalue weighted by Gasteiger charge is -2.28. The van der Waals surface area contributed by atoms with E-state index in [1.54, 1.807) is 15.6 Å². The molecule has 6 heteroatoms. The molecule has 0 aliphatic carbocycles. The Balaban J connectivity index is 1.58. The average Bonchev–Trinajstić information content (AvgIpc) is 3.48. The molecular formula is C26H30N4O2. The largest absolute Gasteiger partial charge is 0.356 e. The SMILES string of the molecule is CCNC(=O)[C@@]1(Cc2cccc(-c3ccccc3)c2)CCN(C(=O)c2ccn(CC)n2)C1. The van der Waals surface area contributed by atoms with Gasteiger partial charge in [0.2, 0.25) is 5.91 Å². The van der Waals surface area contributed by atoms with Gasteiger partial charge < -0.3 is 10.2 Å². The number of benzene rings is 2. The predicted molar refractivity (Wildman–Crippen MR) is 125 cm³/mol. The van der Waals surface area contributed by atoms with E-state index >= 15 is 0 Å². The van der Waals surface area contributed by atoms with Crippen LogP contribution in [-0.2, 0) is 17.8 Å². The summed E-state index contributed by atoms with van der Waals surface area (Å²) >= 11 is 0. The van der Waals surface area contributed by atoms with E-state index in [-0.39, 0.29) is 11.8 Å². The quantitative estimate of drug-likeness (QED) is 0.620. The molecule has 1 saturated heterocycles. The first-order valence-electron chi connectivity index (χ1n) is 11.3. The molecule has 1 fully saturated rings. The Labute approximate surface area is 189 Å². The monoisotopic (exact) mass is 430 g/mol. The van der Waals surface area contributed by atoms with Crippen LogP contribution in [0.2, 0.25) is 0 Å². The van der Waals surface area contributed by atoms with E-state index in [1.165, 1.54) is 0 Å². The molecule has 6 nitrogen and oxygen atoms in total. The minimum atomic E-state index is -0.645. The third kappa shape index (κ3) is 4.44. The summed E-state index contributed by atoms with van der Waals surface area (Å²) < 4.78 is 1.75. The number of carbonyl (C=O) groups is 2. The maximum absolute atomic E-state index is 13.2. The third-order valence-corrected chi connectivity index (χ3v) is 6.22. The van der Waals surface area contributed by atoms with Gasteiger partial charge in [0, 0.05) is 32.4 Å². The van der Waals surface area contributed by atoms with Crippen LogP contribution in [-0.4, -0.2) is 46.1 Å². The van der Waals surface area contributed by atoms with Crippen LogP contribution < -0.4 is 5.32 Å². The van der Waals surface area contributed by atoms with Gasteiger partial charge in [0.15, 0.2) is 0 Å². The second-order valence-electron chi connectivity index (χ2n) is 8.42. The van der Waals surface area contributed by atoms with Gasteiger partial charge in [-0.15, -0.1) is 0 Å². The van der Waals surface area contributed by atoms with Crippen molar-refractivity contribution in [2.45, 2.75) is 33.2 Å². The number of amides is 2. The molecule has 2 aromatic carbocycles. The molecule has 4 rings (SSSR count). The second kappa shape index (κ2) is 9.39. The number of nitrogens with zero attached hydrogens (tertiary/aromatic N) is 3. The van der Waals surface area contributed by atoms with Crippen LogP contribution in [0.1, 0.15) is 36.3 Å². The van der Waals surface area contributed by atoms with Crippen LogP contribution >= 0.6 is 0 Å². The molecule has 166 valence electrons. The number of hydrogen-bond acceptors (Lipinski definition) is 3. The first kappa shape index (κ1) is 21.8. The van der Waals surface area contributed by atoms with Gasteiger partial charge in [-0.3, -0.25) is 14.3 Å². The highest BCUT2D eigenvalue weighted by atomic mass is 16.2. The topological polar surface area (TPSA) is 67.2 Å². The average molecular weight is 431 g/mol.